The highest BCUT2D eigenvalue weighted by Crippen LogP contribution is 2.36. The summed E-state index contributed by atoms with van der Waals surface area (Å²) in [5, 5.41) is 21.5. The Labute approximate surface area is 197 Å². The van der Waals surface area contributed by atoms with Gasteiger partial charge in [-0.15, -0.1) is 10.2 Å². The Morgan fingerprint density at radius 2 is 2.03 bits per heavy atom. The number of aromatic nitrogens is 2. The number of anilines is 2. The average molecular weight is 520 g/mol. The van der Waals surface area contributed by atoms with Crippen molar-refractivity contribution in [2.45, 2.75) is 23.7 Å². The second kappa shape index (κ2) is 11.2. The summed E-state index contributed by atoms with van der Waals surface area (Å²) in [6, 6.07) is 2.18. The number of carbonyl (C=O) groups excluding carboxylic acids is 2. The number of esters is 1. The van der Waals surface area contributed by atoms with Gasteiger partial charge < -0.3 is 9.47 Å². The molecule has 0 aliphatic carbocycles. The fraction of sp³-hybridized carbons (Fsp3) is 0.412. The molecule has 0 aliphatic heterocycles. The lowest BCUT2D eigenvalue weighted by atomic mass is 10.1. The van der Waals surface area contributed by atoms with Gasteiger partial charge in [-0.25, -0.2) is 8.42 Å². The van der Waals surface area contributed by atoms with Crippen LogP contribution >= 0.6 is 23.1 Å². The number of benzene rings is 1. The van der Waals surface area contributed by atoms with E-state index in [2.05, 4.69) is 20.3 Å². The van der Waals surface area contributed by atoms with Gasteiger partial charge in [-0.05, 0) is 12.5 Å². The van der Waals surface area contributed by atoms with E-state index in [1.54, 1.807) is 6.92 Å². The number of nitro groups is 1. The molecule has 0 fully saturated rings. The van der Waals surface area contributed by atoms with Gasteiger partial charge in [0.05, 0.1) is 31.2 Å². The molecule has 33 heavy (non-hydrogen) atoms. The molecule has 2 rings (SSSR count). The van der Waals surface area contributed by atoms with Crippen LogP contribution < -0.4 is 14.4 Å². The van der Waals surface area contributed by atoms with Crippen LogP contribution in [0.4, 0.5) is 16.5 Å². The van der Waals surface area contributed by atoms with Crippen molar-refractivity contribution < 1.29 is 32.4 Å². The third-order valence-corrected chi connectivity index (χ3v) is 7.23. The number of nitrogens with zero attached hydrogens (tertiary/aromatic N) is 4. The second-order valence-electron chi connectivity index (χ2n) is 6.32. The molecule has 1 aromatic heterocycles. The normalized spacial score (nSPS) is 12.0. The molecule has 0 bridgehead atoms. The number of methoxy groups -OCH3 is 2. The van der Waals surface area contributed by atoms with Crippen LogP contribution in [0.1, 0.15) is 13.3 Å². The molecule has 0 saturated heterocycles. The molecule has 2 aromatic rings. The SMILES string of the molecule is CCC(C(=O)Nc1nnc(SCC(=O)OC)s1)N(c1cc([N+](=O)[O-])ccc1OC)S(C)(=O)=O. The minimum absolute atomic E-state index is 0.00506. The van der Waals surface area contributed by atoms with E-state index in [0.29, 0.717) is 4.34 Å². The maximum absolute atomic E-state index is 13.0. The van der Waals surface area contributed by atoms with Crippen molar-refractivity contribution in [3.63, 3.8) is 0 Å². The van der Waals surface area contributed by atoms with Gasteiger partial charge in [-0.2, -0.15) is 0 Å². The smallest absolute Gasteiger partial charge is 0.316 e. The lowest BCUT2D eigenvalue weighted by molar-refractivity contribution is -0.384. The maximum atomic E-state index is 13.0. The summed E-state index contributed by atoms with van der Waals surface area (Å²) < 4.78 is 36.2. The summed E-state index contributed by atoms with van der Waals surface area (Å²) in [5.41, 5.74) is -0.520. The van der Waals surface area contributed by atoms with Gasteiger partial charge in [0.25, 0.3) is 5.69 Å². The predicted octanol–water partition coefficient (Wildman–Crippen LogP) is 1.90. The van der Waals surface area contributed by atoms with E-state index in [1.807, 2.05) is 0 Å². The average Bonchev–Trinajstić information content (AvgIpc) is 3.21. The Hall–Kier alpha value is -2.98. The van der Waals surface area contributed by atoms with E-state index in [1.165, 1.54) is 26.4 Å². The first-order valence-corrected chi connectivity index (χ1v) is 12.8. The molecule has 1 amide bonds. The predicted molar refractivity (Wildman–Crippen MR) is 122 cm³/mol. The van der Waals surface area contributed by atoms with E-state index in [0.717, 1.165) is 39.7 Å². The van der Waals surface area contributed by atoms with Crippen molar-refractivity contribution in [1.29, 1.82) is 0 Å². The van der Waals surface area contributed by atoms with Gasteiger partial charge >= 0.3 is 5.97 Å². The fourth-order valence-electron chi connectivity index (χ4n) is 2.69. The number of nitrogens with one attached hydrogen (secondary N) is 1. The standard InChI is InChI=1S/C17H21N5O8S3/c1-5-11(15(24)18-16-19-20-17(32-16)31-9-14(23)30-3)21(33(4,27)28)12-8-10(22(25)26)6-7-13(12)29-2/h6-8,11H,5,9H2,1-4H3,(H,18,19,24). The third kappa shape index (κ3) is 6.75. The number of non-ortho nitro benzene ring substituents is 1. The molecule has 1 unspecified atom stereocenters. The summed E-state index contributed by atoms with van der Waals surface area (Å²) >= 11 is 2.05. The zero-order chi connectivity index (χ0) is 24.8. The highest BCUT2D eigenvalue weighted by atomic mass is 32.2. The third-order valence-electron chi connectivity index (χ3n) is 4.12. The molecule has 180 valence electrons. The molecule has 0 spiro atoms. The van der Waals surface area contributed by atoms with Crippen molar-refractivity contribution in [2.24, 2.45) is 0 Å². The van der Waals surface area contributed by atoms with Crippen LogP contribution in [0.5, 0.6) is 5.75 Å². The Morgan fingerprint density at radius 3 is 2.58 bits per heavy atom. The molecule has 1 aromatic carbocycles. The number of ether oxygens (including phenoxy) is 2. The van der Waals surface area contributed by atoms with E-state index in [9.17, 15) is 28.1 Å². The van der Waals surface area contributed by atoms with Crippen LogP contribution in [0.15, 0.2) is 22.5 Å². The number of sulfonamides is 1. The monoisotopic (exact) mass is 519 g/mol. The van der Waals surface area contributed by atoms with Crippen molar-refractivity contribution in [2.75, 3.05) is 35.9 Å². The minimum Gasteiger partial charge on any atom is -0.495 e. The first-order chi connectivity index (χ1) is 15.5. The van der Waals surface area contributed by atoms with E-state index < -0.39 is 32.9 Å². The summed E-state index contributed by atoms with van der Waals surface area (Å²) in [4.78, 5) is 34.8. The summed E-state index contributed by atoms with van der Waals surface area (Å²) in [6.07, 6.45) is 0.918. The Balaban J connectivity index is 2.36. The molecule has 0 radical (unpaired) electrons. The van der Waals surface area contributed by atoms with E-state index in [4.69, 9.17) is 4.74 Å². The largest absolute Gasteiger partial charge is 0.495 e. The first-order valence-electron chi connectivity index (χ1n) is 9.17. The van der Waals surface area contributed by atoms with Gasteiger partial charge in [-0.3, -0.25) is 29.3 Å². The molecular weight excluding hydrogens is 498 g/mol. The highest BCUT2D eigenvalue weighted by molar-refractivity contribution is 8.01. The Morgan fingerprint density at radius 1 is 1.33 bits per heavy atom. The molecule has 1 heterocycles. The molecule has 1 N–H and O–H groups in total. The summed E-state index contributed by atoms with van der Waals surface area (Å²) in [5.74, 6) is -1.14. The second-order valence-corrected chi connectivity index (χ2v) is 10.4. The fourth-order valence-corrected chi connectivity index (χ4v) is 5.48. The van der Waals surface area contributed by atoms with Gasteiger partial charge in [0.1, 0.15) is 17.5 Å². The Bertz CT molecular complexity index is 1140. The quantitative estimate of drug-likeness (QED) is 0.151. The summed E-state index contributed by atoms with van der Waals surface area (Å²) in [7, 11) is -1.54. The van der Waals surface area contributed by atoms with Gasteiger partial charge in [0.15, 0.2) is 4.34 Å². The highest BCUT2D eigenvalue weighted by Gasteiger charge is 2.35. The first kappa shape index (κ1) is 26.3. The topological polar surface area (TPSA) is 171 Å². The number of rotatable bonds is 11. The number of amides is 1. The maximum Gasteiger partial charge on any atom is 0.316 e. The molecule has 0 aliphatic rings. The lowest BCUT2D eigenvalue weighted by Gasteiger charge is -2.30. The van der Waals surface area contributed by atoms with Crippen molar-refractivity contribution >= 4 is 61.5 Å². The summed E-state index contributed by atoms with van der Waals surface area (Å²) in [6.45, 7) is 1.59. The molecule has 0 saturated carbocycles. The minimum atomic E-state index is -4.08. The number of thioether (sulfide) groups is 1. The van der Waals surface area contributed by atoms with Gasteiger partial charge in [0.2, 0.25) is 21.1 Å². The van der Waals surface area contributed by atoms with Gasteiger partial charge in [-0.1, -0.05) is 30.0 Å². The van der Waals surface area contributed by atoms with Crippen LogP contribution in [0.3, 0.4) is 0 Å². The van der Waals surface area contributed by atoms with Crippen LogP contribution in [0, 0.1) is 10.1 Å². The number of nitro benzene ring substituents is 1. The van der Waals surface area contributed by atoms with Crippen LogP contribution in [0.25, 0.3) is 0 Å². The van der Waals surface area contributed by atoms with Crippen molar-refractivity contribution in [3.05, 3.63) is 28.3 Å². The lowest BCUT2D eigenvalue weighted by Crippen LogP contribution is -2.47. The van der Waals surface area contributed by atoms with Crippen LogP contribution in [-0.2, 0) is 24.3 Å². The van der Waals surface area contributed by atoms with Crippen molar-refractivity contribution in [3.8, 4) is 5.75 Å². The molecule has 13 nitrogen and oxygen atoms in total. The molecular formula is C17H21N5O8S3. The van der Waals surface area contributed by atoms with Crippen molar-refractivity contribution in [1.82, 2.24) is 10.2 Å². The molecule has 1 atom stereocenters. The van der Waals surface area contributed by atoms with Crippen LogP contribution in [-0.4, -0.2) is 67.7 Å². The van der Waals surface area contributed by atoms with Gasteiger partial charge in [0, 0.05) is 12.1 Å². The Kier molecular flexibility index (Phi) is 8.95. The molecule has 16 heteroatoms. The number of hydrogen-bond donors (Lipinski definition) is 1. The van der Waals surface area contributed by atoms with E-state index in [-0.39, 0.29) is 34.4 Å². The zero-order valence-electron chi connectivity index (χ0n) is 18.0. The van der Waals surface area contributed by atoms with Crippen LogP contribution in [0.2, 0.25) is 0 Å². The zero-order valence-corrected chi connectivity index (χ0v) is 20.5. The number of hydrogen-bond acceptors (Lipinski definition) is 12. The van der Waals surface area contributed by atoms with E-state index >= 15 is 0 Å². The number of carbonyl (C=O) groups is 2.